The van der Waals surface area contributed by atoms with E-state index in [1.165, 1.54) is 13.4 Å². The van der Waals surface area contributed by atoms with Crippen molar-refractivity contribution in [2.24, 2.45) is 0 Å². The van der Waals surface area contributed by atoms with E-state index in [0.717, 1.165) is 18.8 Å². The second kappa shape index (κ2) is 11.4. The van der Waals surface area contributed by atoms with Gasteiger partial charge < -0.3 is 25.0 Å². The Hall–Kier alpha value is -4.03. The van der Waals surface area contributed by atoms with Gasteiger partial charge in [-0.15, -0.1) is 0 Å². The second-order valence-corrected chi connectivity index (χ2v) is 7.85. The van der Waals surface area contributed by atoms with Crippen LogP contribution < -0.4 is 25.8 Å². The van der Waals surface area contributed by atoms with Crippen molar-refractivity contribution in [3.63, 3.8) is 0 Å². The molecule has 12 heteroatoms. The largest absolute Gasteiger partial charge is 0.494 e. The summed E-state index contributed by atoms with van der Waals surface area (Å²) in [5.74, 6) is 0.757. The van der Waals surface area contributed by atoms with Crippen LogP contribution in [0.2, 0.25) is 0 Å². The van der Waals surface area contributed by atoms with E-state index in [0.29, 0.717) is 47.2 Å². The molecule has 3 aromatic rings. The third-order valence-corrected chi connectivity index (χ3v) is 5.53. The van der Waals surface area contributed by atoms with E-state index in [-0.39, 0.29) is 25.2 Å². The van der Waals surface area contributed by atoms with Crippen LogP contribution in [0.5, 0.6) is 5.75 Å². The van der Waals surface area contributed by atoms with Crippen molar-refractivity contribution in [2.45, 2.75) is 19.3 Å². The number of amides is 2. The highest BCUT2D eigenvalue weighted by atomic mass is 16.5. The van der Waals surface area contributed by atoms with Crippen LogP contribution in [-0.2, 0) is 14.3 Å². The number of ether oxygens (including phenoxy) is 2. The van der Waals surface area contributed by atoms with E-state index in [1.54, 1.807) is 23.8 Å². The highest BCUT2D eigenvalue weighted by molar-refractivity contribution is 5.99. The number of hydrogen-bond donors (Lipinski definition) is 4. The third kappa shape index (κ3) is 6.11. The quantitative estimate of drug-likeness (QED) is 0.264. The summed E-state index contributed by atoms with van der Waals surface area (Å²) in [7, 11) is 1.50. The van der Waals surface area contributed by atoms with E-state index in [2.05, 4.69) is 30.5 Å². The molecule has 0 unspecified atom stereocenters. The van der Waals surface area contributed by atoms with Gasteiger partial charge >= 0.3 is 0 Å². The standard InChI is InChI=1S/C23H27N7O5/c1-34-19-13-17-16(12-18(19)27-21(31)3-2-4-22(32)29-33)23(26-14-25-17)28-20-11-15(5-6-24-20)30-7-9-35-10-8-30/h5-6,11-14,33H,2-4,7-10H2,1H3,(H,27,31)(H,29,32)(H,24,25,26,28). The Morgan fingerprint density at radius 3 is 2.69 bits per heavy atom. The van der Waals surface area contributed by atoms with Crippen molar-refractivity contribution in [2.75, 3.05) is 48.9 Å². The van der Waals surface area contributed by atoms with Gasteiger partial charge in [-0.2, -0.15) is 0 Å². The van der Waals surface area contributed by atoms with Crippen molar-refractivity contribution in [3.05, 3.63) is 36.8 Å². The monoisotopic (exact) mass is 481 g/mol. The number of benzene rings is 1. The molecule has 0 radical (unpaired) electrons. The van der Waals surface area contributed by atoms with Gasteiger partial charge in [0, 0.05) is 55.3 Å². The minimum Gasteiger partial charge on any atom is -0.494 e. The normalized spacial score (nSPS) is 13.4. The van der Waals surface area contributed by atoms with Gasteiger partial charge in [0.05, 0.1) is 31.5 Å². The van der Waals surface area contributed by atoms with E-state index in [9.17, 15) is 9.59 Å². The summed E-state index contributed by atoms with van der Waals surface area (Å²) < 4.78 is 10.9. The van der Waals surface area contributed by atoms with E-state index >= 15 is 0 Å². The molecular weight excluding hydrogens is 454 g/mol. The molecule has 12 nitrogen and oxygen atoms in total. The number of methoxy groups -OCH3 is 1. The van der Waals surface area contributed by atoms with Crippen LogP contribution in [-0.4, -0.2) is 65.4 Å². The molecule has 1 aliphatic heterocycles. The Morgan fingerprint density at radius 1 is 1.11 bits per heavy atom. The Kier molecular flexibility index (Phi) is 7.85. The maximum atomic E-state index is 12.4. The van der Waals surface area contributed by atoms with E-state index in [4.69, 9.17) is 14.7 Å². The van der Waals surface area contributed by atoms with E-state index in [1.807, 2.05) is 12.1 Å². The van der Waals surface area contributed by atoms with Gasteiger partial charge in [0.1, 0.15) is 23.7 Å². The number of nitrogens with zero attached hydrogens (tertiary/aromatic N) is 4. The highest BCUT2D eigenvalue weighted by Crippen LogP contribution is 2.33. The third-order valence-electron chi connectivity index (χ3n) is 5.53. The van der Waals surface area contributed by atoms with E-state index < -0.39 is 5.91 Å². The van der Waals surface area contributed by atoms with Crippen molar-refractivity contribution in [1.29, 1.82) is 0 Å². The summed E-state index contributed by atoms with van der Waals surface area (Å²) in [6.07, 6.45) is 3.61. The number of carbonyl (C=O) groups excluding carboxylic acids is 2. The number of pyridine rings is 1. The topological polar surface area (TPSA) is 151 Å². The number of aromatic nitrogens is 3. The molecule has 1 aliphatic rings. The van der Waals surface area contributed by atoms with Crippen molar-refractivity contribution < 1.29 is 24.3 Å². The lowest BCUT2D eigenvalue weighted by molar-refractivity contribution is -0.129. The molecule has 1 fully saturated rings. The zero-order valence-corrected chi connectivity index (χ0v) is 19.3. The number of rotatable bonds is 9. The van der Waals surface area contributed by atoms with Crippen LogP contribution in [0, 0.1) is 0 Å². The average Bonchev–Trinajstić information content (AvgIpc) is 2.89. The minimum absolute atomic E-state index is 0.0389. The summed E-state index contributed by atoms with van der Waals surface area (Å²) in [6, 6.07) is 7.36. The van der Waals surface area contributed by atoms with Crippen LogP contribution in [0.15, 0.2) is 36.8 Å². The number of hydrogen-bond acceptors (Lipinski definition) is 10. The minimum atomic E-state index is -0.541. The molecule has 4 N–H and O–H groups in total. The summed E-state index contributed by atoms with van der Waals surface area (Å²) >= 11 is 0. The lowest BCUT2D eigenvalue weighted by atomic mass is 10.1. The molecule has 1 aromatic carbocycles. The zero-order valence-electron chi connectivity index (χ0n) is 19.3. The van der Waals surface area contributed by atoms with Crippen molar-refractivity contribution in [1.82, 2.24) is 20.4 Å². The first-order valence-corrected chi connectivity index (χ1v) is 11.2. The number of fused-ring (bicyclic) bond motifs is 1. The fraction of sp³-hybridized carbons (Fsp3) is 0.348. The van der Waals surface area contributed by atoms with Gasteiger partial charge in [0.25, 0.3) is 0 Å². The number of nitrogens with one attached hydrogen (secondary N) is 3. The summed E-state index contributed by atoms with van der Waals surface area (Å²) in [6.45, 7) is 3.00. The summed E-state index contributed by atoms with van der Waals surface area (Å²) in [4.78, 5) is 38.9. The maximum absolute atomic E-state index is 12.4. The fourth-order valence-electron chi connectivity index (χ4n) is 3.76. The highest BCUT2D eigenvalue weighted by Gasteiger charge is 2.15. The predicted molar refractivity (Wildman–Crippen MR) is 129 cm³/mol. The van der Waals surface area contributed by atoms with Crippen LogP contribution in [0.1, 0.15) is 19.3 Å². The van der Waals surface area contributed by atoms with Crippen LogP contribution >= 0.6 is 0 Å². The Balaban J connectivity index is 1.55. The second-order valence-electron chi connectivity index (χ2n) is 7.85. The molecule has 1 saturated heterocycles. The molecule has 0 saturated carbocycles. The van der Waals surface area contributed by atoms with Gasteiger partial charge in [-0.3, -0.25) is 14.8 Å². The summed E-state index contributed by atoms with van der Waals surface area (Å²) in [5.41, 5.74) is 3.66. The Bertz CT molecular complexity index is 1200. The molecule has 0 atom stereocenters. The van der Waals surface area contributed by atoms with Crippen LogP contribution in [0.25, 0.3) is 10.9 Å². The van der Waals surface area contributed by atoms with Crippen molar-refractivity contribution >= 4 is 45.7 Å². The number of hydroxylamine groups is 1. The maximum Gasteiger partial charge on any atom is 0.243 e. The van der Waals surface area contributed by atoms with Gasteiger partial charge in [0.15, 0.2) is 0 Å². The Labute approximate surface area is 201 Å². The first-order chi connectivity index (χ1) is 17.1. The number of anilines is 4. The van der Waals surface area contributed by atoms with Gasteiger partial charge in [-0.05, 0) is 18.6 Å². The average molecular weight is 482 g/mol. The fourth-order valence-corrected chi connectivity index (χ4v) is 3.76. The number of carbonyl (C=O) groups is 2. The lowest BCUT2D eigenvalue weighted by Gasteiger charge is -2.29. The summed E-state index contributed by atoms with van der Waals surface area (Å²) in [5, 5.41) is 15.3. The van der Waals surface area contributed by atoms with Gasteiger partial charge in [-0.25, -0.2) is 20.4 Å². The SMILES string of the molecule is COc1cc2ncnc(Nc3cc(N4CCOCC4)ccn3)c2cc1NC(=O)CCCC(=O)NO. The van der Waals surface area contributed by atoms with Gasteiger partial charge in [0.2, 0.25) is 11.8 Å². The molecular formula is C23H27N7O5. The zero-order chi connectivity index (χ0) is 24.6. The Morgan fingerprint density at radius 2 is 1.91 bits per heavy atom. The van der Waals surface area contributed by atoms with Crippen LogP contribution in [0.4, 0.5) is 23.0 Å². The predicted octanol–water partition coefficient (Wildman–Crippen LogP) is 2.23. The van der Waals surface area contributed by atoms with Crippen molar-refractivity contribution in [3.8, 4) is 5.75 Å². The smallest absolute Gasteiger partial charge is 0.243 e. The molecule has 4 rings (SSSR count). The molecule has 2 amide bonds. The van der Waals surface area contributed by atoms with Crippen LogP contribution in [0.3, 0.4) is 0 Å². The number of morpholine rings is 1. The first kappa shape index (κ1) is 24.1. The molecule has 35 heavy (non-hydrogen) atoms. The molecule has 184 valence electrons. The molecule has 0 aliphatic carbocycles. The molecule has 0 spiro atoms. The molecule has 3 heterocycles. The first-order valence-electron chi connectivity index (χ1n) is 11.2. The van der Waals surface area contributed by atoms with Gasteiger partial charge in [-0.1, -0.05) is 0 Å². The molecule has 2 aromatic heterocycles. The lowest BCUT2D eigenvalue weighted by Crippen LogP contribution is -2.36. The molecule has 0 bridgehead atoms.